The summed E-state index contributed by atoms with van der Waals surface area (Å²) in [6.45, 7) is 0.247. The summed E-state index contributed by atoms with van der Waals surface area (Å²) in [7, 11) is 3.08. The lowest BCUT2D eigenvalue weighted by molar-refractivity contribution is -0.313. The number of aliphatic carboxylic acids is 1. The van der Waals surface area contributed by atoms with Gasteiger partial charge in [-0.1, -0.05) is 18.2 Å². The summed E-state index contributed by atoms with van der Waals surface area (Å²) in [5.41, 5.74) is 0.811. The van der Waals surface area contributed by atoms with Gasteiger partial charge in [-0.3, -0.25) is 4.79 Å². The van der Waals surface area contributed by atoms with Crippen LogP contribution in [0.2, 0.25) is 0 Å². The smallest absolute Gasteiger partial charge is 0.227 e. The number of hydrogen-bond donors (Lipinski definition) is 1. The molecule has 2 aliphatic heterocycles. The standard InChI is InChI=1S/C17H19NO6/c1-22-10-4-3-9(7-13(10)23-2)8-18-16(19)14-11-5-6-12(24-11)15(14)17(20)21/h3-7,11-12,14-15H,8H2,1-2H3,(H,18,19)(H,20,21)/p-1/t11-,12+,14+,15-/m0/s1. The molecule has 0 radical (unpaired) electrons. The molecular weight excluding hydrogens is 314 g/mol. The van der Waals surface area contributed by atoms with Gasteiger partial charge in [0.1, 0.15) is 0 Å². The van der Waals surface area contributed by atoms with E-state index in [1.54, 1.807) is 37.5 Å². The monoisotopic (exact) mass is 332 g/mol. The molecule has 1 aromatic rings. The molecule has 4 atom stereocenters. The molecule has 3 rings (SSSR count). The van der Waals surface area contributed by atoms with Crippen LogP contribution >= 0.6 is 0 Å². The largest absolute Gasteiger partial charge is 0.550 e. The van der Waals surface area contributed by atoms with Crippen LogP contribution in [-0.2, 0) is 20.9 Å². The number of benzene rings is 1. The molecule has 7 heteroatoms. The molecule has 2 heterocycles. The number of carbonyl (C=O) groups excluding carboxylic acids is 2. The number of carbonyl (C=O) groups is 2. The lowest BCUT2D eigenvalue weighted by Crippen LogP contribution is -2.46. The zero-order valence-electron chi connectivity index (χ0n) is 13.4. The lowest BCUT2D eigenvalue weighted by atomic mass is 9.82. The topological polar surface area (TPSA) is 96.9 Å². The van der Waals surface area contributed by atoms with E-state index in [-0.39, 0.29) is 12.5 Å². The second-order valence-electron chi connectivity index (χ2n) is 5.73. The third-order valence-electron chi connectivity index (χ3n) is 4.39. The van der Waals surface area contributed by atoms with Gasteiger partial charge in [0.2, 0.25) is 5.91 Å². The lowest BCUT2D eigenvalue weighted by Gasteiger charge is -2.25. The minimum Gasteiger partial charge on any atom is -0.550 e. The van der Waals surface area contributed by atoms with Crippen LogP contribution in [0.4, 0.5) is 0 Å². The zero-order chi connectivity index (χ0) is 17.3. The van der Waals surface area contributed by atoms with E-state index in [9.17, 15) is 14.7 Å². The normalized spacial score (nSPS) is 27.1. The van der Waals surface area contributed by atoms with E-state index >= 15 is 0 Å². The van der Waals surface area contributed by atoms with Crippen molar-refractivity contribution < 1.29 is 28.9 Å². The maximum atomic E-state index is 12.4. The predicted molar refractivity (Wildman–Crippen MR) is 81.2 cm³/mol. The molecule has 1 amide bonds. The van der Waals surface area contributed by atoms with Crippen LogP contribution in [0.1, 0.15) is 5.56 Å². The highest BCUT2D eigenvalue weighted by atomic mass is 16.5. The zero-order valence-corrected chi connectivity index (χ0v) is 13.4. The van der Waals surface area contributed by atoms with E-state index in [0.29, 0.717) is 11.5 Å². The van der Waals surface area contributed by atoms with Crippen molar-refractivity contribution in [3.05, 3.63) is 35.9 Å². The van der Waals surface area contributed by atoms with Crippen molar-refractivity contribution >= 4 is 11.9 Å². The molecule has 2 bridgehead atoms. The van der Waals surface area contributed by atoms with Crippen LogP contribution in [0, 0.1) is 11.8 Å². The Kier molecular flexibility index (Phi) is 4.44. The van der Waals surface area contributed by atoms with Crippen LogP contribution < -0.4 is 19.9 Å². The van der Waals surface area contributed by atoms with Crippen molar-refractivity contribution in [1.82, 2.24) is 5.32 Å². The number of methoxy groups -OCH3 is 2. The molecule has 0 saturated carbocycles. The average Bonchev–Trinajstić information content (AvgIpc) is 3.20. The van der Waals surface area contributed by atoms with Gasteiger partial charge in [0.15, 0.2) is 11.5 Å². The van der Waals surface area contributed by atoms with E-state index in [4.69, 9.17) is 14.2 Å². The van der Waals surface area contributed by atoms with Crippen LogP contribution in [0.5, 0.6) is 11.5 Å². The first-order valence-corrected chi connectivity index (χ1v) is 7.58. The molecular formula is C17H18NO6-. The second kappa shape index (κ2) is 6.52. The Hall–Kier alpha value is -2.54. The molecule has 0 aliphatic carbocycles. The Morgan fingerprint density at radius 3 is 2.42 bits per heavy atom. The highest BCUT2D eigenvalue weighted by Gasteiger charge is 2.50. The molecule has 128 valence electrons. The van der Waals surface area contributed by atoms with Crippen LogP contribution in [-0.4, -0.2) is 38.3 Å². The molecule has 0 spiro atoms. The number of amides is 1. The molecule has 2 aliphatic rings. The fraction of sp³-hybridized carbons (Fsp3) is 0.412. The number of carboxylic acids is 1. The SMILES string of the molecule is COc1ccc(CNC(=O)[C@H]2[C@@H](C(=O)[O-])[C@H]3C=C[C@@H]2O3)cc1OC. The Morgan fingerprint density at radius 2 is 1.79 bits per heavy atom. The van der Waals surface area contributed by atoms with Gasteiger partial charge in [0.25, 0.3) is 0 Å². The van der Waals surface area contributed by atoms with Gasteiger partial charge in [0.05, 0.1) is 32.3 Å². The molecule has 1 N–H and O–H groups in total. The van der Waals surface area contributed by atoms with E-state index < -0.39 is 30.0 Å². The summed E-state index contributed by atoms with van der Waals surface area (Å²) in [5.74, 6) is -2.20. The van der Waals surface area contributed by atoms with Gasteiger partial charge >= 0.3 is 0 Å². The summed E-state index contributed by atoms with van der Waals surface area (Å²) in [5, 5.41) is 14.1. The second-order valence-corrected chi connectivity index (χ2v) is 5.73. The minimum atomic E-state index is -1.27. The summed E-state index contributed by atoms with van der Waals surface area (Å²) in [6, 6.07) is 5.30. The number of rotatable bonds is 6. The third-order valence-corrected chi connectivity index (χ3v) is 4.39. The molecule has 1 aromatic carbocycles. The number of carboxylic acid groups (broad SMARTS) is 1. The molecule has 0 aromatic heterocycles. The number of ether oxygens (including phenoxy) is 3. The third kappa shape index (κ3) is 2.82. The first-order valence-electron chi connectivity index (χ1n) is 7.58. The van der Waals surface area contributed by atoms with E-state index in [1.165, 1.54) is 7.11 Å². The van der Waals surface area contributed by atoms with Gasteiger partial charge in [-0.05, 0) is 17.7 Å². The van der Waals surface area contributed by atoms with Crippen molar-refractivity contribution in [3.8, 4) is 11.5 Å². The number of nitrogens with one attached hydrogen (secondary N) is 1. The minimum absolute atomic E-state index is 0.247. The van der Waals surface area contributed by atoms with Crippen LogP contribution in [0.15, 0.2) is 30.4 Å². The Balaban J connectivity index is 1.67. The Labute approximate surface area is 139 Å². The highest BCUT2D eigenvalue weighted by Crippen LogP contribution is 2.39. The van der Waals surface area contributed by atoms with Gasteiger partial charge in [-0.25, -0.2) is 0 Å². The first-order chi connectivity index (χ1) is 11.5. The van der Waals surface area contributed by atoms with Crippen molar-refractivity contribution in [2.45, 2.75) is 18.8 Å². The summed E-state index contributed by atoms with van der Waals surface area (Å²) >= 11 is 0. The van der Waals surface area contributed by atoms with Crippen molar-refractivity contribution in [3.63, 3.8) is 0 Å². The van der Waals surface area contributed by atoms with Crippen molar-refractivity contribution in [2.75, 3.05) is 14.2 Å². The fourth-order valence-electron chi connectivity index (χ4n) is 3.20. The predicted octanol–water partition coefficient (Wildman–Crippen LogP) is -0.360. The maximum absolute atomic E-state index is 12.4. The fourth-order valence-corrected chi connectivity index (χ4v) is 3.20. The van der Waals surface area contributed by atoms with Gasteiger partial charge < -0.3 is 29.4 Å². The van der Waals surface area contributed by atoms with Gasteiger partial charge in [-0.15, -0.1) is 0 Å². The summed E-state index contributed by atoms with van der Waals surface area (Å²) in [4.78, 5) is 23.7. The average molecular weight is 332 g/mol. The Bertz CT molecular complexity index is 686. The van der Waals surface area contributed by atoms with E-state index in [1.807, 2.05) is 0 Å². The molecule has 1 fully saturated rings. The van der Waals surface area contributed by atoms with Crippen LogP contribution in [0.3, 0.4) is 0 Å². The number of fused-ring (bicyclic) bond motifs is 2. The number of hydrogen-bond acceptors (Lipinski definition) is 6. The highest BCUT2D eigenvalue weighted by molar-refractivity contribution is 5.86. The quantitative estimate of drug-likeness (QED) is 0.715. The van der Waals surface area contributed by atoms with Gasteiger partial charge in [0, 0.05) is 18.4 Å². The summed E-state index contributed by atoms with van der Waals surface area (Å²) < 4.78 is 15.9. The van der Waals surface area contributed by atoms with Crippen molar-refractivity contribution in [1.29, 1.82) is 0 Å². The molecule has 1 saturated heterocycles. The van der Waals surface area contributed by atoms with E-state index in [0.717, 1.165) is 5.56 Å². The molecule has 7 nitrogen and oxygen atoms in total. The van der Waals surface area contributed by atoms with E-state index in [2.05, 4.69) is 5.32 Å². The maximum Gasteiger partial charge on any atom is 0.227 e. The van der Waals surface area contributed by atoms with Gasteiger partial charge in [-0.2, -0.15) is 0 Å². The first kappa shape index (κ1) is 16.3. The molecule has 0 unspecified atom stereocenters. The van der Waals surface area contributed by atoms with Crippen molar-refractivity contribution in [2.24, 2.45) is 11.8 Å². The van der Waals surface area contributed by atoms with Crippen LogP contribution in [0.25, 0.3) is 0 Å². The Morgan fingerprint density at radius 1 is 1.12 bits per heavy atom. The molecule has 24 heavy (non-hydrogen) atoms. The summed E-state index contributed by atoms with van der Waals surface area (Å²) in [6.07, 6.45) is 2.30.